The van der Waals surface area contributed by atoms with E-state index in [0.717, 1.165) is 30.8 Å². The van der Waals surface area contributed by atoms with Crippen molar-refractivity contribution in [1.29, 1.82) is 0 Å². The molecule has 4 heterocycles. The van der Waals surface area contributed by atoms with E-state index in [9.17, 15) is 0 Å². The predicted molar refractivity (Wildman–Crippen MR) is 75.7 cm³/mol. The molecule has 0 radical (unpaired) electrons. The Kier molecular flexibility index (Phi) is 2.97. The van der Waals surface area contributed by atoms with Gasteiger partial charge in [-0.3, -0.25) is 4.98 Å². The van der Waals surface area contributed by atoms with Crippen LogP contribution in [0, 0.1) is 13.8 Å². The first-order valence-corrected chi connectivity index (χ1v) is 7.05. The SMILES string of the molecule is Cc1nonc1-c1nc(-c2c(C)ncc3c2CCNC3)no1. The minimum atomic E-state index is 0.305. The largest absolute Gasteiger partial charge is 0.332 e. The highest BCUT2D eigenvalue weighted by atomic mass is 16.6. The number of rotatable bonds is 2. The van der Waals surface area contributed by atoms with Crippen molar-refractivity contribution in [2.75, 3.05) is 6.54 Å². The highest BCUT2D eigenvalue weighted by Crippen LogP contribution is 2.30. The first-order valence-electron chi connectivity index (χ1n) is 7.05. The van der Waals surface area contributed by atoms with E-state index in [0.29, 0.717) is 23.1 Å². The van der Waals surface area contributed by atoms with Crippen molar-refractivity contribution in [1.82, 2.24) is 30.8 Å². The van der Waals surface area contributed by atoms with Crippen molar-refractivity contribution in [2.24, 2.45) is 0 Å². The van der Waals surface area contributed by atoms with Crippen LogP contribution >= 0.6 is 0 Å². The molecule has 8 nitrogen and oxygen atoms in total. The van der Waals surface area contributed by atoms with E-state index in [-0.39, 0.29) is 0 Å². The second-order valence-corrected chi connectivity index (χ2v) is 5.27. The fourth-order valence-electron chi connectivity index (χ4n) is 2.71. The molecule has 22 heavy (non-hydrogen) atoms. The Morgan fingerprint density at radius 1 is 1.14 bits per heavy atom. The molecule has 0 spiro atoms. The number of fused-ring (bicyclic) bond motifs is 1. The Bertz CT molecular complexity index is 838. The van der Waals surface area contributed by atoms with Crippen LogP contribution in [-0.4, -0.2) is 32.0 Å². The van der Waals surface area contributed by atoms with Crippen molar-refractivity contribution in [3.05, 3.63) is 28.7 Å². The van der Waals surface area contributed by atoms with Crippen molar-refractivity contribution >= 4 is 0 Å². The molecular weight excluding hydrogens is 284 g/mol. The zero-order chi connectivity index (χ0) is 15.1. The number of aryl methyl sites for hydroxylation is 2. The third-order valence-electron chi connectivity index (χ3n) is 3.84. The van der Waals surface area contributed by atoms with Gasteiger partial charge in [-0.05, 0) is 43.1 Å². The van der Waals surface area contributed by atoms with E-state index in [1.165, 1.54) is 11.1 Å². The first-order chi connectivity index (χ1) is 10.7. The highest BCUT2D eigenvalue weighted by molar-refractivity contribution is 5.66. The van der Waals surface area contributed by atoms with E-state index in [2.05, 4.69) is 35.4 Å². The molecule has 0 fully saturated rings. The Labute approximate surface area is 125 Å². The van der Waals surface area contributed by atoms with Gasteiger partial charge in [0.15, 0.2) is 5.69 Å². The first kappa shape index (κ1) is 13.1. The molecule has 4 rings (SSSR count). The normalized spacial score (nSPS) is 14.1. The lowest BCUT2D eigenvalue weighted by Crippen LogP contribution is -2.24. The van der Waals surface area contributed by atoms with Gasteiger partial charge < -0.3 is 9.84 Å². The summed E-state index contributed by atoms with van der Waals surface area (Å²) in [6, 6.07) is 0. The summed E-state index contributed by atoms with van der Waals surface area (Å²) in [4.78, 5) is 8.90. The molecule has 112 valence electrons. The van der Waals surface area contributed by atoms with Crippen LogP contribution in [0.15, 0.2) is 15.3 Å². The molecular formula is C14H14N6O2. The maximum atomic E-state index is 5.32. The molecule has 1 aliphatic rings. The quantitative estimate of drug-likeness (QED) is 0.758. The third-order valence-corrected chi connectivity index (χ3v) is 3.84. The fourth-order valence-corrected chi connectivity index (χ4v) is 2.71. The van der Waals surface area contributed by atoms with Gasteiger partial charge in [0.2, 0.25) is 5.82 Å². The van der Waals surface area contributed by atoms with E-state index < -0.39 is 0 Å². The summed E-state index contributed by atoms with van der Waals surface area (Å²) >= 11 is 0. The maximum Gasteiger partial charge on any atom is 0.282 e. The fraction of sp³-hybridized carbons (Fsp3) is 0.357. The van der Waals surface area contributed by atoms with Gasteiger partial charge in [0, 0.05) is 24.0 Å². The average Bonchev–Trinajstić information content (AvgIpc) is 3.16. The van der Waals surface area contributed by atoms with Crippen molar-refractivity contribution in [3.8, 4) is 23.0 Å². The zero-order valence-corrected chi connectivity index (χ0v) is 12.3. The predicted octanol–water partition coefficient (Wildman–Crippen LogP) is 1.44. The molecule has 0 saturated carbocycles. The number of hydrogen-bond donors (Lipinski definition) is 1. The van der Waals surface area contributed by atoms with Crippen LogP contribution in [0.3, 0.4) is 0 Å². The molecule has 0 atom stereocenters. The van der Waals surface area contributed by atoms with E-state index in [1.807, 2.05) is 13.1 Å². The van der Waals surface area contributed by atoms with Crippen LogP contribution < -0.4 is 5.32 Å². The summed E-state index contributed by atoms with van der Waals surface area (Å²) in [5.74, 6) is 0.834. The monoisotopic (exact) mass is 298 g/mol. The summed E-state index contributed by atoms with van der Waals surface area (Å²) < 4.78 is 10.0. The maximum absolute atomic E-state index is 5.32. The lowest BCUT2D eigenvalue weighted by molar-refractivity contribution is 0.304. The molecule has 1 aliphatic heterocycles. The van der Waals surface area contributed by atoms with Crippen LogP contribution in [0.5, 0.6) is 0 Å². The third kappa shape index (κ3) is 2.00. The van der Waals surface area contributed by atoms with Crippen molar-refractivity contribution in [3.63, 3.8) is 0 Å². The summed E-state index contributed by atoms with van der Waals surface area (Å²) in [5, 5.41) is 15.0. The summed E-state index contributed by atoms with van der Waals surface area (Å²) in [7, 11) is 0. The number of aromatic nitrogens is 5. The van der Waals surface area contributed by atoms with Crippen LogP contribution in [-0.2, 0) is 13.0 Å². The minimum absolute atomic E-state index is 0.305. The summed E-state index contributed by atoms with van der Waals surface area (Å²) in [5.41, 5.74) is 5.33. The molecule has 8 heteroatoms. The van der Waals surface area contributed by atoms with Gasteiger partial charge >= 0.3 is 0 Å². The molecule has 0 amide bonds. The van der Waals surface area contributed by atoms with Crippen molar-refractivity contribution in [2.45, 2.75) is 26.8 Å². The molecule has 0 aromatic carbocycles. The molecule has 1 N–H and O–H groups in total. The van der Waals surface area contributed by atoms with Crippen LogP contribution in [0.2, 0.25) is 0 Å². The van der Waals surface area contributed by atoms with Crippen LogP contribution in [0.1, 0.15) is 22.5 Å². The van der Waals surface area contributed by atoms with Gasteiger partial charge in [-0.2, -0.15) is 4.98 Å². The Hall–Kier alpha value is -2.61. The second kappa shape index (κ2) is 4.99. The average molecular weight is 298 g/mol. The van der Waals surface area contributed by atoms with Crippen LogP contribution in [0.25, 0.3) is 23.0 Å². The van der Waals surface area contributed by atoms with Gasteiger partial charge in [-0.25, -0.2) is 4.63 Å². The number of nitrogens with zero attached hydrogens (tertiary/aromatic N) is 5. The van der Waals surface area contributed by atoms with E-state index >= 15 is 0 Å². The molecule has 0 aliphatic carbocycles. The molecule has 3 aromatic rings. The Balaban J connectivity index is 1.83. The van der Waals surface area contributed by atoms with Gasteiger partial charge in [0.05, 0.1) is 0 Å². The minimum Gasteiger partial charge on any atom is -0.332 e. The van der Waals surface area contributed by atoms with Crippen LogP contribution in [0.4, 0.5) is 0 Å². The second-order valence-electron chi connectivity index (χ2n) is 5.27. The van der Waals surface area contributed by atoms with E-state index in [4.69, 9.17) is 4.52 Å². The molecule has 0 bridgehead atoms. The summed E-state index contributed by atoms with van der Waals surface area (Å²) in [6.07, 6.45) is 2.83. The Morgan fingerprint density at radius 3 is 2.86 bits per heavy atom. The topological polar surface area (TPSA) is 103 Å². The van der Waals surface area contributed by atoms with Crippen molar-refractivity contribution < 1.29 is 9.15 Å². The standard InChI is InChI=1S/C14H14N6O2/c1-7-11(10-3-4-15-5-9(10)6-16-7)13-17-14(21-20-13)12-8(2)18-22-19-12/h6,15H,3-5H2,1-2H3. The van der Waals surface area contributed by atoms with Gasteiger partial charge in [-0.1, -0.05) is 10.3 Å². The molecule has 3 aromatic heterocycles. The zero-order valence-electron chi connectivity index (χ0n) is 12.3. The summed E-state index contributed by atoms with van der Waals surface area (Å²) in [6.45, 7) is 5.47. The Morgan fingerprint density at radius 2 is 2.05 bits per heavy atom. The lowest BCUT2D eigenvalue weighted by Gasteiger charge is -2.19. The number of hydrogen-bond acceptors (Lipinski definition) is 8. The number of pyridine rings is 1. The van der Waals surface area contributed by atoms with Gasteiger partial charge in [0.1, 0.15) is 5.69 Å². The highest BCUT2D eigenvalue weighted by Gasteiger charge is 2.23. The van der Waals surface area contributed by atoms with Gasteiger partial charge in [0.25, 0.3) is 5.89 Å². The van der Waals surface area contributed by atoms with Gasteiger partial charge in [-0.15, -0.1) is 0 Å². The lowest BCUT2D eigenvalue weighted by atomic mass is 9.95. The molecule has 0 unspecified atom stereocenters. The molecule has 0 saturated heterocycles. The van der Waals surface area contributed by atoms with E-state index in [1.54, 1.807) is 6.92 Å². The smallest absolute Gasteiger partial charge is 0.282 e. The number of nitrogens with one attached hydrogen (secondary N) is 1.